The minimum atomic E-state index is -1.37. The van der Waals surface area contributed by atoms with E-state index >= 15 is 0 Å². The van der Waals surface area contributed by atoms with E-state index in [9.17, 15) is 9.90 Å². The molecule has 5 nitrogen and oxygen atoms in total. The molecule has 0 amide bonds. The van der Waals surface area contributed by atoms with E-state index in [0.717, 1.165) is 0 Å². The van der Waals surface area contributed by atoms with Gasteiger partial charge in [-0.25, -0.2) is 4.68 Å². The molecule has 9 heavy (non-hydrogen) atoms. The first kappa shape index (κ1) is 8.61. The fourth-order valence-corrected chi connectivity index (χ4v) is 0.306. The van der Waals surface area contributed by atoms with Crippen LogP contribution in [0.1, 0.15) is 0 Å². The van der Waals surface area contributed by atoms with Crippen LogP contribution in [-0.2, 0) is 0 Å². The molecule has 0 unspecified atom stereocenters. The molecule has 1 rings (SSSR count). The van der Waals surface area contributed by atoms with Crippen molar-refractivity contribution in [1.29, 1.82) is 0 Å². The van der Waals surface area contributed by atoms with Crippen molar-refractivity contribution in [2.24, 2.45) is 0 Å². The zero-order chi connectivity index (χ0) is 5.98. The van der Waals surface area contributed by atoms with Gasteiger partial charge in [-0.3, -0.25) is 0 Å². The number of aromatic nitrogens is 3. The van der Waals surface area contributed by atoms with Crippen molar-refractivity contribution >= 4 is 6.09 Å². The van der Waals surface area contributed by atoms with Crippen LogP contribution >= 0.6 is 0 Å². The molecule has 0 bridgehead atoms. The quantitative estimate of drug-likeness (QED) is 0.336. The van der Waals surface area contributed by atoms with E-state index in [1.54, 1.807) is 0 Å². The summed E-state index contributed by atoms with van der Waals surface area (Å²) >= 11 is 0. The molecule has 0 spiro atoms. The smallest absolute Gasteiger partial charge is 0.528 e. The predicted molar refractivity (Wildman–Crippen MR) is 20.8 cm³/mol. The van der Waals surface area contributed by atoms with Crippen molar-refractivity contribution in [2.45, 2.75) is 0 Å². The van der Waals surface area contributed by atoms with Gasteiger partial charge < -0.3 is 9.90 Å². The molecule has 0 aromatic carbocycles. The Morgan fingerprint density at radius 2 is 2.33 bits per heavy atom. The van der Waals surface area contributed by atoms with E-state index < -0.39 is 6.09 Å². The average Bonchev–Trinajstić information content (AvgIpc) is 2.12. The van der Waals surface area contributed by atoms with Crippen molar-refractivity contribution in [2.75, 3.05) is 0 Å². The molecule has 1 heterocycles. The Bertz CT molecular complexity index is 185. The molecule has 0 aliphatic heterocycles. The molecule has 42 valence electrons. The van der Waals surface area contributed by atoms with Crippen LogP contribution in [0.5, 0.6) is 0 Å². The van der Waals surface area contributed by atoms with Crippen molar-refractivity contribution in [1.82, 2.24) is 15.0 Å². The monoisotopic (exact) mass is 135 g/mol. The van der Waals surface area contributed by atoms with Crippen LogP contribution in [-0.4, -0.2) is 21.1 Å². The Balaban J connectivity index is 0.000000640. The summed E-state index contributed by atoms with van der Waals surface area (Å²) in [6.45, 7) is 0. The molecule has 6 heteroatoms. The van der Waals surface area contributed by atoms with Crippen molar-refractivity contribution < 1.29 is 39.5 Å². The fraction of sp³-hybridized carbons (Fsp3) is 0. The molecule has 0 aliphatic rings. The van der Waals surface area contributed by atoms with Gasteiger partial charge in [-0.05, 0) is 0 Å². The predicted octanol–water partition coefficient (Wildman–Crippen LogP) is -4.53. The summed E-state index contributed by atoms with van der Waals surface area (Å²) in [5.74, 6) is 0. The Kier molecular flexibility index (Phi) is 3.44. The number of carboxylic acid groups (broad SMARTS) is 1. The summed E-state index contributed by atoms with van der Waals surface area (Å²) in [5.41, 5.74) is 0. The Hall–Kier alpha value is -0.390. The van der Waals surface area contributed by atoms with Gasteiger partial charge in [-0.15, -0.1) is 5.10 Å². The summed E-state index contributed by atoms with van der Waals surface area (Å²) in [6.07, 6.45) is 1.08. The van der Waals surface area contributed by atoms with Crippen molar-refractivity contribution in [3.63, 3.8) is 0 Å². The van der Waals surface area contributed by atoms with Crippen molar-refractivity contribution in [3.05, 3.63) is 12.4 Å². The van der Waals surface area contributed by atoms with E-state index in [4.69, 9.17) is 0 Å². The second-order valence-corrected chi connectivity index (χ2v) is 1.11. The summed E-state index contributed by atoms with van der Waals surface area (Å²) < 4.78 is 0.611. The Labute approximate surface area is 73.0 Å². The maximum Gasteiger partial charge on any atom is 1.00 e. The van der Waals surface area contributed by atoms with Gasteiger partial charge in [0.05, 0.1) is 12.4 Å². The third-order valence-corrected chi connectivity index (χ3v) is 0.610. The van der Waals surface area contributed by atoms with Gasteiger partial charge in [0, 0.05) is 0 Å². The SMILES string of the molecule is O=C([O-])n1ccnn1.[Na+]. The zero-order valence-corrected chi connectivity index (χ0v) is 6.81. The Morgan fingerprint density at radius 1 is 1.67 bits per heavy atom. The topological polar surface area (TPSA) is 70.8 Å². The van der Waals surface area contributed by atoms with Gasteiger partial charge in [0.25, 0.3) is 0 Å². The number of hydrogen-bond acceptors (Lipinski definition) is 4. The number of nitrogens with zero attached hydrogens (tertiary/aromatic N) is 3. The normalized spacial score (nSPS) is 8.00. The number of rotatable bonds is 0. The van der Waals surface area contributed by atoms with E-state index in [2.05, 4.69) is 10.3 Å². The molecule has 0 aliphatic carbocycles. The van der Waals surface area contributed by atoms with Gasteiger partial charge >= 0.3 is 29.6 Å². The molecule has 0 N–H and O–H groups in total. The van der Waals surface area contributed by atoms with Gasteiger partial charge in [0.15, 0.2) is 6.09 Å². The van der Waals surface area contributed by atoms with Gasteiger partial charge in [0.1, 0.15) is 0 Å². The molecule has 0 atom stereocenters. The van der Waals surface area contributed by atoms with E-state index in [1.165, 1.54) is 12.4 Å². The second kappa shape index (κ2) is 3.60. The third kappa shape index (κ3) is 2.13. The first-order valence-corrected chi connectivity index (χ1v) is 1.88. The first-order valence-electron chi connectivity index (χ1n) is 1.88. The summed E-state index contributed by atoms with van der Waals surface area (Å²) in [7, 11) is 0. The maximum atomic E-state index is 9.81. The van der Waals surface area contributed by atoms with E-state index in [1.807, 2.05) is 0 Å². The minimum absolute atomic E-state index is 0. The minimum Gasteiger partial charge on any atom is -0.528 e. The van der Waals surface area contributed by atoms with Gasteiger partial charge in [0.2, 0.25) is 0 Å². The first-order chi connectivity index (χ1) is 3.80. The van der Waals surface area contributed by atoms with Crippen LogP contribution in [0.25, 0.3) is 0 Å². The number of hydrogen-bond donors (Lipinski definition) is 0. The van der Waals surface area contributed by atoms with Gasteiger partial charge in [-0.1, -0.05) is 5.21 Å². The molecular formula is C3H2N3NaO2. The molecule has 1 aromatic rings. The van der Waals surface area contributed by atoms with Gasteiger partial charge in [-0.2, -0.15) is 0 Å². The number of carbonyl (C=O) groups excluding carboxylic acids is 1. The number of carbonyl (C=O) groups is 1. The molecule has 0 radical (unpaired) electrons. The van der Waals surface area contributed by atoms with Crippen LogP contribution in [0.2, 0.25) is 0 Å². The molecule has 0 saturated heterocycles. The Morgan fingerprint density at radius 3 is 2.56 bits per heavy atom. The summed E-state index contributed by atoms with van der Waals surface area (Å²) in [6, 6.07) is 0. The summed E-state index contributed by atoms with van der Waals surface area (Å²) in [5, 5.41) is 16.2. The van der Waals surface area contributed by atoms with Crippen LogP contribution in [0.4, 0.5) is 4.79 Å². The maximum absolute atomic E-state index is 9.81. The van der Waals surface area contributed by atoms with Crippen LogP contribution < -0.4 is 34.7 Å². The van der Waals surface area contributed by atoms with Crippen LogP contribution in [0.3, 0.4) is 0 Å². The summed E-state index contributed by atoms with van der Waals surface area (Å²) in [4.78, 5) is 9.81. The molecule has 0 saturated carbocycles. The standard InChI is InChI=1S/C3H3N3O2.Na/c7-3(8)6-2-1-4-5-6;/h1-2H,(H,7,8);/q;+1/p-1. The van der Waals surface area contributed by atoms with Crippen LogP contribution in [0.15, 0.2) is 12.4 Å². The van der Waals surface area contributed by atoms with Crippen molar-refractivity contribution in [3.8, 4) is 0 Å². The molecular weight excluding hydrogens is 133 g/mol. The van der Waals surface area contributed by atoms with E-state index in [-0.39, 0.29) is 29.6 Å². The molecule has 1 aromatic heterocycles. The fourth-order valence-electron chi connectivity index (χ4n) is 0.306. The largest absolute Gasteiger partial charge is 1.00 e. The second-order valence-electron chi connectivity index (χ2n) is 1.11. The van der Waals surface area contributed by atoms with Crippen LogP contribution in [0, 0.1) is 0 Å². The zero-order valence-electron chi connectivity index (χ0n) is 4.81. The van der Waals surface area contributed by atoms with E-state index in [0.29, 0.717) is 4.68 Å². The molecule has 0 fully saturated rings. The third-order valence-electron chi connectivity index (χ3n) is 0.610. The average molecular weight is 135 g/mol.